The Hall–Kier alpha value is -2.67. The van der Waals surface area contributed by atoms with Crippen molar-refractivity contribution in [3.8, 4) is 0 Å². The van der Waals surface area contributed by atoms with Crippen molar-refractivity contribution in [1.29, 1.82) is 0 Å². The van der Waals surface area contributed by atoms with Gasteiger partial charge in [-0.1, -0.05) is 23.9 Å². The highest BCUT2D eigenvalue weighted by Crippen LogP contribution is 2.22. The summed E-state index contributed by atoms with van der Waals surface area (Å²) in [4.78, 5) is 20.1. The molecule has 2 heterocycles. The molecule has 23 heavy (non-hydrogen) atoms. The van der Waals surface area contributed by atoms with Crippen molar-refractivity contribution >= 4 is 34.5 Å². The van der Waals surface area contributed by atoms with E-state index < -0.39 is 0 Å². The molecule has 0 atom stereocenters. The van der Waals surface area contributed by atoms with Gasteiger partial charge in [0.25, 0.3) is 11.1 Å². The van der Waals surface area contributed by atoms with Gasteiger partial charge in [0.1, 0.15) is 5.52 Å². The lowest BCUT2D eigenvalue weighted by Gasteiger charge is -2.01. The molecular formula is C16H14N4O2S. The molecule has 0 aliphatic carbocycles. The highest BCUT2D eigenvalue weighted by molar-refractivity contribution is 7.99. The van der Waals surface area contributed by atoms with Crippen molar-refractivity contribution < 1.29 is 9.21 Å². The summed E-state index contributed by atoms with van der Waals surface area (Å²) in [5, 5.41) is 4.54. The summed E-state index contributed by atoms with van der Waals surface area (Å²) in [6.07, 6.45) is 3.36. The van der Waals surface area contributed by atoms with Crippen LogP contribution in [0.15, 0.2) is 63.5 Å². The zero-order chi connectivity index (χ0) is 16.1. The first-order valence-electron chi connectivity index (χ1n) is 6.94. The fourth-order valence-corrected chi connectivity index (χ4v) is 2.51. The maximum atomic E-state index is 11.8. The number of para-hydroxylation sites is 2. The molecule has 0 bridgehead atoms. The van der Waals surface area contributed by atoms with Crippen LogP contribution in [0, 0.1) is 0 Å². The normalized spacial score (nSPS) is 11.6. The average molecular weight is 326 g/mol. The monoisotopic (exact) mass is 326 g/mol. The van der Waals surface area contributed by atoms with Gasteiger partial charge in [-0.3, -0.25) is 9.78 Å². The number of rotatable bonds is 5. The summed E-state index contributed by atoms with van der Waals surface area (Å²) in [5.41, 5.74) is 5.64. The maximum Gasteiger partial charge on any atom is 0.257 e. The molecule has 0 aliphatic heterocycles. The molecule has 7 heteroatoms. The quantitative estimate of drug-likeness (QED) is 0.443. The van der Waals surface area contributed by atoms with E-state index >= 15 is 0 Å². The van der Waals surface area contributed by atoms with Crippen LogP contribution in [0.4, 0.5) is 0 Å². The average Bonchev–Trinajstić information content (AvgIpc) is 3.01. The minimum atomic E-state index is -0.217. The van der Waals surface area contributed by atoms with Gasteiger partial charge in [-0.2, -0.15) is 5.10 Å². The zero-order valence-corrected chi connectivity index (χ0v) is 13.2. The Morgan fingerprint density at radius 2 is 2.04 bits per heavy atom. The summed E-state index contributed by atoms with van der Waals surface area (Å²) < 4.78 is 5.54. The molecule has 0 aliphatic rings. The Bertz CT molecular complexity index is 812. The van der Waals surface area contributed by atoms with Crippen LogP contribution < -0.4 is 5.43 Å². The van der Waals surface area contributed by atoms with Crippen molar-refractivity contribution in [1.82, 2.24) is 15.4 Å². The first-order valence-corrected chi connectivity index (χ1v) is 7.93. The van der Waals surface area contributed by atoms with Gasteiger partial charge >= 0.3 is 0 Å². The van der Waals surface area contributed by atoms with Crippen LogP contribution in [0.1, 0.15) is 12.5 Å². The molecule has 1 aromatic carbocycles. The minimum Gasteiger partial charge on any atom is -0.431 e. The molecule has 0 saturated carbocycles. The largest absolute Gasteiger partial charge is 0.431 e. The third-order valence-corrected chi connectivity index (χ3v) is 3.88. The maximum absolute atomic E-state index is 11.8. The van der Waals surface area contributed by atoms with Crippen LogP contribution in [-0.2, 0) is 4.79 Å². The first kappa shape index (κ1) is 15.2. The fourth-order valence-electron chi connectivity index (χ4n) is 1.88. The molecule has 3 aromatic rings. The Labute approximate surface area is 137 Å². The standard InChI is InChI=1S/C16H14N4O2S/c1-11(12-6-8-17-9-7-12)19-20-15(21)10-23-16-18-13-4-2-3-5-14(13)22-16/h2-9H,10H2,1H3,(H,20,21). The van der Waals surface area contributed by atoms with Gasteiger partial charge in [-0.25, -0.2) is 10.4 Å². The number of oxazole rings is 1. The molecule has 1 N–H and O–H groups in total. The summed E-state index contributed by atoms with van der Waals surface area (Å²) in [5.74, 6) is -0.0365. The van der Waals surface area contributed by atoms with Crippen molar-refractivity contribution in [2.45, 2.75) is 12.1 Å². The van der Waals surface area contributed by atoms with Gasteiger partial charge in [0.15, 0.2) is 5.58 Å². The lowest BCUT2D eigenvalue weighted by atomic mass is 10.2. The Balaban J connectivity index is 1.55. The highest BCUT2D eigenvalue weighted by atomic mass is 32.2. The number of hydrogen-bond donors (Lipinski definition) is 1. The first-order chi connectivity index (χ1) is 11.2. The van der Waals surface area contributed by atoms with Crippen LogP contribution >= 0.6 is 11.8 Å². The number of carbonyl (C=O) groups excluding carboxylic acids is 1. The fraction of sp³-hybridized carbons (Fsp3) is 0.125. The SMILES string of the molecule is CC(=NNC(=O)CSc1nc2ccccc2o1)c1ccncc1. The second kappa shape index (κ2) is 7.06. The third kappa shape index (κ3) is 3.95. The summed E-state index contributed by atoms with van der Waals surface area (Å²) in [6, 6.07) is 11.1. The molecule has 3 rings (SSSR count). The molecule has 116 valence electrons. The van der Waals surface area contributed by atoms with E-state index in [9.17, 15) is 4.79 Å². The number of benzene rings is 1. The van der Waals surface area contributed by atoms with Gasteiger partial charge in [0.2, 0.25) is 0 Å². The molecule has 0 unspecified atom stereocenters. The number of hydrogen-bond acceptors (Lipinski definition) is 6. The molecule has 0 radical (unpaired) electrons. The van der Waals surface area contributed by atoms with Crippen molar-refractivity contribution in [3.63, 3.8) is 0 Å². The zero-order valence-electron chi connectivity index (χ0n) is 12.4. The van der Waals surface area contributed by atoms with Crippen LogP contribution in [0.3, 0.4) is 0 Å². The number of nitrogens with zero attached hydrogens (tertiary/aromatic N) is 3. The van der Waals surface area contributed by atoms with Gasteiger partial charge < -0.3 is 4.42 Å². The summed E-state index contributed by atoms with van der Waals surface area (Å²) in [6.45, 7) is 1.82. The van der Waals surface area contributed by atoms with E-state index in [-0.39, 0.29) is 11.7 Å². The van der Waals surface area contributed by atoms with E-state index in [0.29, 0.717) is 16.5 Å². The number of fused-ring (bicyclic) bond motifs is 1. The predicted octanol–water partition coefficient (Wildman–Crippen LogP) is 2.86. The molecule has 1 amide bonds. The minimum absolute atomic E-state index is 0.181. The van der Waals surface area contributed by atoms with E-state index in [1.54, 1.807) is 12.4 Å². The van der Waals surface area contributed by atoms with E-state index in [2.05, 4.69) is 20.5 Å². The van der Waals surface area contributed by atoms with E-state index in [1.165, 1.54) is 11.8 Å². The molecule has 0 saturated heterocycles. The lowest BCUT2D eigenvalue weighted by Crippen LogP contribution is -2.21. The van der Waals surface area contributed by atoms with Crippen LogP contribution in [-0.4, -0.2) is 27.3 Å². The molecule has 6 nitrogen and oxygen atoms in total. The Morgan fingerprint density at radius 3 is 2.83 bits per heavy atom. The van der Waals surface area contributed by atoms with E-state index in [1.807, 2.05) is 43.3 Å². The van der Waals surface area contributed by atoms with Crippen molar-refractivity contribution in [2.24, 2.45) is 5.10 Å². The molecular weight excluding hydrogens is 312 g/mol. The number of hydrazone groups is 1. The second-order valence-corrected chi connectivity index (χ2v) is 5.63. The predicted molar refractivity (Wildman–Crippen MR) is 89.3 cm³/mol. The summed E-state index contributed by atoms with van der Waals surface area (Å²) >= 11 is 1.23. The number of thioether (sulfide) groups is 1. The van der Waals surface area contributed by atoms with Gasteiger partial charge in [0, 0.05) is 18.0 Å². The summed E-state index contributed by atoms with van der Waals surface area (Å²) in [7, 11) is 0. The van der Waals surface area contributed by atoms with Crippen molar-refractivity contribution in [3.05, 3.63) is 54.4 Å². The number of pyridine rings is 1. The number of carbonyl (C=O) groups is 1. The number of nitrogens with one attached hydrogen (secondary N) is 1. The molecule has 0 spiro atoms. The topological polar surface area (TPSA) is 80.4 Å². The smallest absolute Gasteiger partial charge is 0.257 e. The van der Waals surface area contributed by atoms with Crippen molar-refractivity contribution in [2.75, 3.05) is 5.75 Å². The van der Waals surface area contributed by atoms with Gasteiger partial charge in [-0.15, -0.1) is 0 Å². The van der Waals surface area contributed by atoms with Gasteiger partial charge in [-0.05, 0) is 31.2 Å². The Kier molecular flexibility index (Phi) is 4.68. The lowest BCUT2D eigenvalue weighted by molar-refractivity contribution is -0.118. The van der Waals surface area contributed by atoms with E-state index in [0.717, 1.165) is 11.1 Å². The third-order valence-electron chi connectivity index (χ3n) is 3.05. The molecule has 0 fully saturated rings. The van der Waals surface area contributed by atoms with Crippen LogP contribution in [0.2, 0.25) is 0 Å². The molecule has 2 aromatic heterocycles. The Morgan fingerprint density at radius 1 is 1.26 bits per heavy atom. The number of aromatic nitrogens is 2. The van der Waals surface area contributed by atoms with Crippen LogP contribution in [0.25, 0.3) is 11.1 Å². The van der Waals surface area contributed by atoms with Crippen LogP contribution in [0.5, 0.6) is 0 Å². The van der Waals surface area contributed by atoms with Gasteiger partial charge in [0.05, 0.1) is 11.5 Å². The second-order valence-electron chi connectivity index (χ2n) is 4.70. The van der Waals surface area contributed by atoms with E-state index in [4.69, 9.17) is 4.42 Å². The number of amides is 1. The highest BCUT2D eigenvalue weighted by Gasteiger charge is 2.08.